The number of hydrogen-bond donors (Lipinski definition) is 0. The van der Waals surface area contributed by atoms with Crippen LogP contribution in [0.5, 0.6) is 0 Å². The summed E-state index contributed by atoms with van der Waals surface area (Å²) in [5, 5.41) is 5.00. The van der Waals surface area contributed by atoms with Crippen LogP contribution in [0, 0.1) is 0 Å². The molecule has 204 valence electrons. The van der Waals surface area contributed by atoms with Crippen LogP contribution in [0.3, 0.4) is 0 Å². The maximum absolute atomic E-state index is 5.02. The Morgan fingerprint density at radius 2 is 1.05 bits per heavy atom. The van der Waals surface area contributed by atoms with Crippen LogP contribution in [0.15, 0.2) is 152 Å². The minimum atomic E-state index is 0.848. The summed E-state index contributed by atoms with van der Waals surface area (Å²) in [5.74, 6) is 1.07. The van der Waals surface area contributed by atoms with Crippen molar-refractivity contribution in [2.24, 2.45) is 0 Å². The number of benzene rings is 7. The first kappa shape index (κ1) is 25.3. The standard InChI is InChI=1S/C41H30N2/c1-2-39-42-36-24-11-13-26-38(36)43(39)37-25-12-10-23-35(37)41-33-21-8-6-19-31(33)40(32-20-7-9-22-34(32)41)30-18-14-17-29(27-30)28-15-4-3-5-16-28/h3-27H,2H2,1H3. The zero-order valence-corrected chi connectivity index (χ0v) is 24.0. The van der Waals surface area contributed by atoms with Crippen molar-refractivity contribution in [3.63, 3.8) is 0 Å². The molecule has 0 amide bonds. The molecule has 1 aromatic heterocycles. The van der Waals surface area contributed by atoms with Crippen molar-refractivity contribution in [3.05, 3.63) is 157 Å². The van der Waals surface area contributed by atoms with E-state index in [9.17, 15) is 0 Å². The Balaban J connectivity index is 1.45. The van der Waals surface area contributed by atoms with Crippen LogP contribution in [0.2, 0.25) is 0 Å². The average Bonchev–Trinajstić information content (AvgIpc) is 3.46. The number of para-hydroxylation sites is 3. The Morgan fingerprint density at radius 1 is 0.488 bits per heavy atom. The number of nitrogens with zero attached hydrogens (tertiary/aromatic N) is 2. The van der Waals surface area contributed by atoms with Gasteiger partial charge in [0.05, 0.1) is 16.7 Å². The summed E-state index contributed by atoms with van der Waals surface area (Å²) in [7, 11) is 0. The molecule has 0 radical (unpaired) electrons. The van der Waals surface area contributed by atoms with Crippen LogP contribution in [0.4, 0.5) is 0 Å². The summed E-state index contributed by atoms with van der Waals surface area (Å²) in [6.07, 6.45) is 0.848. The number of imidazole rings is 1. The molecule has 0 aliphatic carbocycles. The third-order valence-electron chi connectivity index (χ3n) is 8.55. The fourth-order valence-corrected chi connectivity index (χ4v) is 6.68. The summed E-state index contributed by atoms with van der Waals surface area (Å²) < 4.78 is 2.35. The van der Waals surface area contributed by atoms with Crippen LogP contribution >= 0.6 is 0 Å². The van der Waals surface area contributed by atoms with E-state index in [1.165, 1.54) is 54.9 Å². The van der Waals surface area contributed by atoms with Crippen LogP contribution in [0.25, 0.3) is 71.6 Å². The maximum atomic E-state index is 5.02. The molecule has 8 rings (SSSR count). The molecule has 1 heterocycles. The van der Waals surface area contributed by atoms with Crippen LogP contribution in [-0.2, 0) is 6.42 Å². The lowest BCUT2D eigenvalue weighted by atomic mass is 9.85. The number of aromatic nitrogens is 2. The molecule has 8 aromatic rings. The minimum Gasteiger partial charge on any atom is -0.296 e. The van der Waals surface area contributed by atoms with Gasteiger partial charge in [0.15, 0.2) is 0 Å². The van der Waals surface area contributed by atoms with Gasteiger partial charge in [0, 0.05) is 12.0 Å². The van der Waals surface area contributed by atoms with Crippen molar-refractivity contribution in [1.82, 2.24) is 9.55 Å². The lowest BCUT2D eigenvalue weighted by Gasteiger charge is -2.21. The number of aryl methyl sites for hydroxylation is 1. The molecule has 0 bridgehead atoms. The van der Waals surface area contributed by atoms with E-state index in [0.29, 0.717) is 0 Å². The highest BCUT2D eigenvalue weighted by Gasteiger charge is 2.21. The highest BCUT2D eigenvalue weighted by atomic mass is 15.1. The van der Waals surface area contributed by atoms with Gasteiger partial charge >= 0.3 is 0 Å². The second-order valence-electron chi connectivity index (χ2n) is 11.0. The van der Waals surface area contributed by atoms with Gasteiger partial charge in [0.2, 0.25) is 0 Å². The predicted octanol–water partition coefficient (Wildman–Crippen LogP) is 10.9. The first-order chi connectivity index (χ1) is 21.3. The molecule has 2 nitrogen and oxygen atoms in total. The predicted molar refractivity (Wildman–Crippen MR) is 182 cm³/mol. The topological polar surface area (TPSA) is 17.8 Å². The van der Waals surface area contributed by atoms with Gasteiger partial charge in [-0.2, -0.15) is 0 Å². The van der Waals surface area contributed by atoms with Gasteiger partial charge in [-0.05, 0) is 73.6 Å². The lowest BCUT2D eigenvalue weighted by molar-refractivity contribution is 0.909. The van der Waals surface area contributed by atoms with E-state index in [1.807, 2.05) is 0 Å². The molecule has 0 unspecified atom stereocenters. The molecule has 0 aliphatic heterocycles. The van der Waals surface area contributed by atoms with Crippen molar-refractivity contribution in [2.45, 2.75) is 13.3 Å². The Bertz CT molecular complexity index is 2220. The zero-order valence-electron chi connectivity index (χ0n) is 24.0. The molecular formula is C41H30N2. The van der Waals surface area contributed by atoms with Crippen molar-refractivity contribution >= 4 is 32.6 Å². The number of rotatable bonds is 5. The van der Waals surface area contributed by atoms with Gasteiger partial charge in [0.25, 0.3) is 0 Å². The maximum Gasteiger partial charge on any atom is 0.114 e. The summed E-state index contributed by atoms with van der Waals surface area (Å²) in [6.45, 7) is 2.18. The second-order valence-corrected chi connectivity index (χ2v) is 11.0. The lowest BCUT2D eigenvalue weighted by Crippen LogP contribution is -2.03. The van der Waals surface area contributed by atoms with E-state index in [0.717, 1.165) is 29.0 Å². The number of fused-ring (bicyclic) bond motifs is 3. The van der Waals surface area contributed by atoms with E-state index < -0.39 is 0 Å². The highest BCUT2D eigenvalue weighted by molar-refractivity contribution is 6.22. The summed E-state index contributed by atoms with van der Waals surface area (Å²) in [4.78, 5) is 5.02. The third kappa shape index (κ3) is 4.14. The van der Waals surface area contributed by atoms with Crippen molar-refractivity contribution in [3.8, 4) is 39.1 Å². The van der Waals surface area contributed by atoms with Crippen molar-refractivity contribution in [2.75, 3.05) is 0 Å². The fraction of sp³-hybridized carbons (Fsp3) is 0.0488. The van der Waals surface area contributed by atoms with Gasteiger partial charge in [0.1, 0.15) is 5.82 Å². The minimum absolute atomic E-state index is 0.848. The summed E-state index contributed by atoms with van der Waals surface area (Å²) in [6, 6.07) is 54.7. The van der Waals surface area contributed by atoms with E-state index in [-0.39, 0.29) is 0 Å². The fourth-order valence-electron chi connectivity index (χ4n) is 6.68. The first-order valence-corrected chi connectivity index (χ1v) is 15.0. The van der Waals surface area contributed by atoms with Gasteiger partial charge in [-0.1, -0.05) is 134 Å². The molecular weight excluding hydrogens is 520 g/mol. The third-order valence-corrected chi connectivity index (χ3v) is 8.55. The van der Waals surface area contributed by atoms with Crippen LogP contribution < -0.4 is 0 Å². The largest absolute Gasteiger partial charge is 0.296 e. The molecule has 0 saturated carbocycles. The van der Waals surface area contributed by atoms with Gasteiger partial charge in [-0.15, -0.1) is 0 Å². The smallest absolute Gasteiger partial charge is 0.114 e. The first-order valence-electron chi connectivity index (χ1n) is 15.0. The van der Waals surface area contributed by atoms with Crippen molar-refractivity contribution < 1.29 is 0 Å². The van der Waals surface area contributed by atoms with Gasteiger partial charge < -0.3 is 0 Å². The summed E-state index contributed by atoms with van der Waals surface area (Å²) in [5.41, 5.74) is 10.7. The summed E-state index contributed by atoms with van der Waals surface area (Å²) >= 11 is 0. The Kier molecular flexibility index (Phi) is 6.12. The average molecular weight is 551 g/mol. The zero-order chi connectivity index (χ0) is 28.8. The Hall–Kier alpha value is -5.47. The molecule has 7 aromatic carbocycles. The molecule has 0 saturated heterocycles. The van der Waals surface area contributed by atoms with Gasteiger partial charge in [-0.25, -0.2) is 4.98 Å². The molecule has 0 N–H and O–H groups in total. The second kappa shape index (κ2) is 10.4. The van der Waals surface area contributed by atoms with E-state index in [1.54, 1.807) is 0 Å². The Labute approximate surface area is 251 Å². The van der Waals surface area contributed by atoms with Crippen LogP contribution in [0.1, 0.15) is 12.7 Å². The van der Waals surface area contributed by atoms with E-state index in [4.69, 9.17) is 4.98 Å². The van der Waals surface area contributed by atoms with Gasteiger partial charge in [-0.3, -0.25) is 4.57 Å². The molecule has 0 aliphatic rings. The molecule has 0 fully saturated rings. The van der Waals surface area contributed by atoms with Crippen molar-refractivity contribution in [1.29, 1.82) is 0 Å². The van der Waals surface area contributed by atoms with Crippen LogP contribution in [-0.4, -0.2) is 9.55 Å². The molecule has 43 heavy (non-hydrogen) atoms. The quantitative estimate of drug-likeness (QED) is 0.195. The molecule has 2 heteroatoms. The Morgan fingerprint density at radius 3 is 1.77 bits per heavy atom. The highest BCUT2D eigenvalue weighted by Crippen LogP contribution is 2.45. The van der Waals surface area contributed by atoms with E-state index >= 15 is 0 Å². The number of hydrogen-bond acceptors (Lipinski definition) is 1. The van der Waals surface area contributed by atoms with E-state index in [2.05, 4.69) is 163 Å². The molecule has 0 spiro atoms. The molecule has 0 atom stereocenters. The monoisotopic (exact) mass is 550 g/mol. The normalized spacial score (nSPS) is 11.5. The SMILES string of the molecule is CCc1nc2ccccc2n1-c1ccccc1-c1c2ccccc2c(-c2cccc(-c3ccccc3)c2)c2ccccc12.